The number of rotatable bonds is 6. The summed E-state index contributed by atoms with van der Waals surface area (Å²) in [6.45, 7) is 31.7. The van der Waals surface area contributed by atoms with Crippen molar-refractivity contribution in [3.8, 4) is 0 Å². The molecule has 0 atom stereocenters. The van der Waals surface area contributed by atoms with Crippen LogP contribution in [-0.2, 0) is 4.74 Å². The molecule has 0 radical (unpaired) electrons. The first-order valence-electron chi connectivity index (χ1n) is 12.6. The van der Waals surface area contributed by atoms with Crippen molar-refractivity contribution in [1.29, 1.82) is 0 Å². The van der Waals surface area contributed by atoms with Crippen LogP contribution in [0.15, 0.2) is 0 Å². The van der Waals surface area contributed by atoms with Crippen molar-refractivity contribution in [2.75, 3.05) is 52.5 Å². The van der Waals surface area contributed by atoms with E-state index in [0.29, 0.717) is 0 Å². The number of nitrogens with zero attached hydrogens (tertiary/aromatic N) is 2. The molecule has 0 bridgehead atoms. The van der Waals surface area contributed by atoms with Crippen molar-refractivity contribution in [3.63, 3.8) is 0 Å². The summed E-state index contributed by atoms with van der Waals surface area (Å²) in [7, 11) is 0. The van der Waals surface area contributed by atoms with Crippen molar-refractivity contribution < 1.29 is 4.74 Å². The standard InChI is InChI=1S/C8H17N.C7H16.C6H13NO.C5H12/c1-8(2)7-9-5-3-4-6-9;1-6(2)5-7(3)4;1-2-7-3-5-8-6-4-7;1-4-5(2)3/h8H,3-7H2,1-2H3;6-7H,5H2,1-4H3;2-6H2,1H3;5H,4H2,1-3H3. The van der Waals surface area contributed by atoms with Gasteiger partial charge in [0.05, 0.1) is 13.2 Å². The molecule has 2 aliphatic heterocycles. The van der Waals surface area contributed by atoms with Gasteiger partial charge in [-0.3, -0.25) is 4.90 Å². The highest BCUT2D eigenvalue weighted by atomic mass is 16.5. The van der Waals surface area contributed by atoms with Gasteiger partial charge in [0, 0.05) is 19.6 Å². The predicted octanol–water partition coefficient (Wildman–Crippen LogP) is 6.82. The summed E-state index contributed by atoms with van der Waals surface area (Å²) in [4.78, 5) is 4.95. The fraction of sp³-hybridized carbons (Fsp3) is 1.00. The van der Waals surface area contributed by atoms with Gasteiger partial charge in [-0.25, -0.2) is 0 Å². The molecule has 0 spiro atoms. The molecule has 0 amide bonds. The molecule has 0 saturated carbocycles. The zero-order chi connectivity index (χ0) is 22.7. The summed E-state index contributed by atoms with van der Waals surface area (Å²) >= 11 is 0. The average molecular weight is 415 g/mol. The van der Waals surface area contributed by atoms with E-state index in [9.17, 15) is 0 Å². The molecule has 0 unspecified atom stereocenters. The minimum atomic E-state index is 0.850. The maximum Gasteiger partial charge on any atom is 0.0594 e. The van der Waals surface area contributed by atoms with Crippen molar-refractivity contribution >= 4 is 0 Å². The number of ether oxygens (including phenoxy) is 1. The summed E-state index contributed by atoms with van der Waals surface area (Å²) in [5, 5.41) is 0. The maximum absolute atomic E-state index is 5.16. The first kappa shape index (κ1) is 31.1. The molecule has 2 heterocycles. The molecule has 0 aromatic carbocycles. The first-order chi connectivity index (χ1) is 13.6. The molecule has 2 saturated heterocycles. The third-order valence-electron chi connectivity index (χ3n) is 5.13. The van der Waals surface area contributed by atoms with Crippen molar-refractivity contribution in [3.05, 3.63) is 0 Å². The molecule has 3 nitrogen and oxygen atoms in total. The van der Waals surface area contributed by atoms with E-state index in [0.717, 1.165) is 50.0 Å². The molecular weight excluding hydrogens is 356 g/mol. The number of hydrogen-bond acceptors (Lipinski definition) is 3. The Morgan fingerprint density at radius 3 is 1.31 bits per heavy atom. The van der Waals surface area contributed by atoms with Crippen LogP contribution in [-0.4, -0.2) is 62.3 Å². The van der Waals surface area contributed by atoms with Gasteiger partial charge in [0.2, 0.25) is 0 Å². The second-order valence-electron chi connectivity index (χ2n) is 10.3. The van der Waals surface area contributed by atoms with Crippen LogP contribution in [0, 0.1) is 23.7 Å². The SMILES string of the molecule is CC(C)CC(C)C.CC(C)CN1CCCC1.CCC(C)C.CCN1CCOCC1. The fourth-order valence-electron chi connectivity index (χ4n) is 3.34. The van der Waals surface area contributed by atoms with Gasteiger partial charge in [0.1, 0.15) is 0 Å². The molecule has 0 N–H and O–H groups in total. The Bertz CT molecular complexity index is 298. The van der Waals surface area contributed by atoms with Gasteiger partial charge in [0.15, 0.2) is 0 Å². The Morgan fingerprint density at radius 1 is 0.621 bits per heavy atom. The van der Waals surface area contributed by atoms with E-state index in [1.165, 1.54) is 51.9 Å². The lowest BCUT2D eigenvalue weighted by Gasteiger charge is -2.24. The predicted molar refractivity (Wildman–Crippen MR) is 133 cm³/mol. The molecule has 178 valence electrons. The van der Waals surface area contributed by atoms with Crippen LogP contribution < -0.4 is 0 Å². The Balaban J connectivity index is 0. The Kier molecular flexibility index (Phi) is 22.6. The third-order valence-corrected chi connectivity index (χ3v) is 5.13. The number of morpholine rings is 1. The molecule has 0 aliphatic carbocycles. The van der Waals surface area contributed by atoms with Gasteiger partial charge in [-0.15, -0.1) is 0 Å². The summed E-state index contributed by atoms with van der Waals surface area (Å²) in [5.41, 5.74) is 0. The van der Waals surface area contributed by atoms with Crippen LogP contribution in [0.5, 0.6) is 0 Å². The lowest BCUT2D eigenvalue weighted by molar-refractivity contribution is 0.0405. The van der Waals surface area contributed by atoms with Gasteiger partial charge in [-0.1, -0.05) is 75.7 Å². The van der Waals surface area contributed by atoms with Crippen LogP contribution in [0.3, 0.4) is 0 Å². The summed E-state index contributed by atoms with van der Waals surface area (Å²) in [6.07, 6.45) is 5.51. The molecule has 3 heteroatoms. The van der Waals surface area contributed by atoms with Crippen LogP contribution in [0.2, 0.25) is 0 Å². The maximum atomic E-state index is 5.16. The van der Waals surface area contributed by atoms with Gasteiger partial charge in [-0.05, 0) is 62.6 Å². The Labute approximate surface area is 186 Å². The minimum Gasteiger partial charge on any atom is -0.379 e. The smallest absolute Gasteiger partial charge is 0.0594 e. The van der Waals surface area contributed by atoms with Gasteiger partial charge >= 0.3 is 0 Å². The average Bonchev–Trinajstić information content (AvgIpc) is 3.15. The van der Waals surface area contributed by atoms with Crippen molar-refractivity contribution in [2.45, 2.75) is 94.9 Å². The molecule has 29 heavy (non-hydrogen) atoms. The van der Waals surface area contributed by atoms with E-state index >= 15 is 0 Å². The lowest BCUT2D eigenvalue weighted by atomic mass is 10.0. The zero-order valence-corrected chi connectivity index (χ0v) is 22.1. The molecule has 2 fully saturated rings. The van der Waals surface area contributed by atoms with Crippen molar-refractivity contribution in [1.82, 2.24) is 9.80 Å². The van der Waals surface area contributed by atoms with Gasteiger partial charge < -0.3 is 9.64 Å². The Hall–Kier alpha value is -0.120. The van der Waals surface area contributed by atoms with Gasteiger partial charge in [0.25, 0.3) is 0 Å². The third kappa shape index (κ3) is 25.8. The van der Waals surface area contributed by atoms with E-state index in [2.05, 4.69) is 79.0 Å². The minimum absolute atomic E-state index is 0.850. The highest BCUT2D eigenvalue weighted by molar-refractivity contribution is 4.66. The number of likely N-dealkylation sites (tertiary alicyclic amines) is 1. The van der Waals surface area contributed by atoms with E-state index in [1.54, 1.807) is 0 Å². The van der Waals surface area contributed by atoms with E-state index < -0.39 is 0 Å². The van der Waals surface area contributed by atoms with Crippen LogP contribution >= 0.6 is 0 Å². The van der Waals surface area contributed by atoms with Crippen LogP contribution in [0.25, 0.3) is 0 Å². The summed E-state index contributed by atoms with van der Waals surface area (Å²) in [6, 6.07) is 0. The lowest BCUT2D eigenvalue weighted by Crippen LogP contribution is -2.35. The number of hydrogen-bond donors (Lipinski definition) is 0. The highest BCUT2D eigenvalue weighted by Crippen LogP contribution is 2.09. The highest BCUT2D eigenvalue weighted by Gasteiger charge is 2.11. The number of likely N-dealkylation sites (N-methyl/N-ethyl adjacent to an activating group) is 1. The summed E-state index contributed by atoms with van der Waals surface area (Å²) in [5.74, 6) is 3.48. The van der Waals surface area contributed by atoms with Crippen molar-refractivity contribution in [2.24, 2.45) is 23.7 Å². The quantitative estimate of drug-likeness (QED) is 0.474. The van der Waals surface area contributed by atoms with E-state index in [4.69, 9.17) is 4.74 Å². The monoisotopic (exact) mass is 414 g/mol. The summed E-state index contributed by atoms with van der Waals surface area (Å²) < 4.78 is 5.16. The molecular formula is C26H58N2O. The van der Waals surface area contributed by atoms with Gasteiger partial charge in [-0.2, -0.15) is 0 Å². The molecule has 2 rings (SSSR count). The molecule has 0 aromatic heterocycles. The molecule has 2 aliphatic rings. The fourth-order valence-corrected chi connectivity index (χ4v) is 3.34. The van der Waals surface area contributed by atoms with E-state index in [1.807, 2.05) is 0 Å². The second-order valence-corrected chi connectivity index (χ2v) is 10.3. The molecule has 0 aromatic rings. The zero-order valence-electron chi connectivity index (χ0n) is 22.1. The van der Waals surface area contributed by atoms with Crippen LogP contribution in [0.1, 0.15) is 94.9 Å². The van der Waals surface area contributed by atoms with Crippen LogP contribution in [0.4, 0.5) is 0 Å². The van der Waals surface area contributed by atoms with E-state index in [-0.39, 0.29) is 0 Å². The first-order valence-corrected chi connectivity index (χ1v) is 12.6. The topological polar surface area (TPSA) is 15.7 Å². The largest absolute Gasteiger partial charge is 0.379 e. The second kappa shape index (κ2) is 21.1. The normalized spacial score (nSPS) is 17.6. The Morgan fingerprint density at radius 2 is 1.07 bits per heavy atom.